The Hall–Kier alpha value is -1.28. The van der Waals surface area contributed by atoms with Crippen molar-refractivity contribution in [2.24, 2.45) is 0 Å². The minimum atomic E-state index is 0.413. The highest BCUT2D eigenvalue weighted by atomic mass is 16.6. The first-order valence-electron chi connectivity index (χ1n) is 5.28. The van der Waals surface area contributed by atoms with Crippen LogP contribution in [0.25, 0.3) is 12.7 Å². The molecule has 1 fully saturated rings. The molecular weight excluding hydrogens is 186 g/mol. The quantitative estimate of drug-likeness (QED) is 0.671. The van der Waals surface area contributed by atoms with E-state index in [0.29, 0.717) is 6.10 Å². The van der Waals surface area contributed by atoms with E-state index in [4.69, 9.17) is 4.74 Å². The molecule has 1 aromatic rings. The van der Waals surface area contributed by atoms with Crippen molar-refractivity contribution in [3.8, 4) is 0 Å². The highest BCUT2D eigenvalue weighted by Gasteiger charge is 2.22. The van der Waals surface area contributed by atoms with E-state index in [2.05, 4.69) is 43.3 Å². The Labute approximate surface area is 90.2 Å². The maximum Gasteiger partial charge on any atom is 0.0988 e. The summed E-state index contributed by atoms with van der Waals surface area (Å²) in [4.78, 5) is 0. The van der Waals surface area contributed by atoms with Crippen LogP contribution in [0.4, 0.5) is 0 Å². The lowest BCUT2D eigenvalue weighted by Gasteiger charge is -1.99. The summed E-state index contributed by atoms with van der Waals surface area (Å²) in [5, 5.41) is 2.26. The van der Waals surface area contributed by atoms with Gasteiger partial charge in [0.1, 0.15) is 0 Å². The molecule has 1 aromatic heterocycles. The van der Waals surface area contributed by atoms with Crippen LogP contribution in [0.15, 0.2) is 23.9 Å². The number of ether oxygens (including phenoxy) is 1. The van der Waals surface area contributed by atoms with Crippen molar-refractivity contribution >= 4 is 12.7 Å². The smallest absolute Gasteiger partial charge is 0.0988 e. The monoisotopic (exact) mass is 203 g/mol. The highest BCUT2D eigenvalue weighted by Crippen LogP contribution is 2.09. The summed E-state index contributed by atoms with van der Waals surface area (Å²) < 4.78 is 7.44. The van der Waals surface area contributed by atoms with Crippen LogP contribution < -0.4 is 10.6 Å². The molecular formula is C13H17NO. The van der Waals surface area contributed by atoms with Crippen molar-refractivity contribution < 1.29 is 4.74 Å². The molecule has 0 radical (unpaired) electrons. The van der Waals surface area contributed by atoms with Gasteiger partial charge in [0.05, 0.1) is 19.3 Å². The van der Waals surface area contributed by atoms with E-state index < -0.39 is 0 Å². The van der Waals surface area contributed by atoms with Crippen LogP contribution in [0.2, 0.25) is 0 Å². The molecule has 0 aromatic carbocycles. The average molecular weight is 203 g/mol. The summed E-state index contributed by atoms with van der Waals surface area (Å²) in [5.74, 6) is 0. The largest absolute Gasteiger partial charge is 0.371 e. The minimum Gasteiger partial charge on any atom is -0.371 e. The lowest BCUT2D eigenvalue weighted by Crippen LogP contribution is -2.28. The van der Waals surface area contributed by atoms with Crippen molar-refractivity contribution in [2.75, 3.05) is 6.61 Å². The van der Waals surface area contributed by atoms with Gasteiger partial charge in [0.2, 0.25) is 0 Å². The summed E-state index contributed by atoms with van der Waals surface area (Å²) in [6.07, 6.45) is 6.74. The van der Waals surface area contributed by atoms with Gasteiger partial charge in [0, 0.05) is 11.5 Å². The fourth-order valence-electron chi connectivity index (χ4n) is 1.53. The van der Waals surface area contributed by atoms with Crippen molar-refractivity contribution in [1.82, 2.24) is 4.57 Å². The number of hydrogen-bond acceptors (Lipinski definition) is 1. The first-order valence-corrected chi connectivity index (χ1v) is 5.28. The van der Waals surface area contributed by atoms with Crippen LogP contribution in [0, 0.1) is 0 Å². The molecule has 2 rings (SSSR count). The zero-order valence-corrected chi connectivity index (χ0v) is 9.36. The molecule has 15 heavy (non-hydrogen) atoms. The van der Waals surface area contributed by atoms with Gasteiger partial charge in [0.25, 0.3) is 0 Å². The maximum absolute atomic E-state index is 5.23. The van der Waals surface area contributed by atoms with Gasteiger partial charge in [-0.2, -0.15) is 0 Å². The molecule has 0 N–H and O–H groups in total. The lowest BCUT2D eigenvalue weighted by atomic mass is 10.3. The third-order valence-corrected chi connectivity index (χ3v) is 2.47. The third kappa shape index (κ3) is 2.60. The molecule has 0 amide bonds. The Kier molecular flexibility index (Phi) is 2.78. The number of hydrogen-bond donors (Lipinski definition) is 0. The van der Waals surface area contributed by atoms with Crippen LogP contribution in [-0.2, 0) is 11.3 Å². The average Bonchev–Trinajstić information content (AvgIpc) is 2.90. The van der Waals surface area contributed by atoms with Crippen molar-refractivity contribution in [1.29, 1.82) is 0 Å². The summed E-state index contributed by atoms with van der Waals surface area (Å²) in [6.45, 7) is 10.1. The number of epoxide rings is 1. The summed E-state index contributed by atoms with van der Waals surface area (Å²) in [5.41, 5.74) is 1.30. The second-order valence-electron chi connectivity index (χ2n) is 4.24. The van der Waals surface area contributed by atoms with Gasteiger partial charge in [-0.05, 0) is 31.2 Å². The van der Waals surface area contributed by atoms with Gasteiger partial charge in [-0.1, -0.05) is 18.2 Å². The van der Waals surface area contributed by atoms with E-state index in [1.165, 1.54) is 10.9 Å². The second kappa shape index (κ2) is 4.07. The minimum absolute atomic E-state index is 0.413. The van der Waals surface area contributed by atoms with E-state index in [0.717, 1.165) is 18.4 Å². The van der Waals surface area contributed by atoms with Gasteiger partial charge >= 0.3 is 0 Å². The summed E-state index contributed by atoms with van der Waals surface area (Å²) in [6, 6.07) is 2.05. The van der Waals surface area contributed by atoms with Gasteiger partial charge in [-0.25, -0.2) is 0 Å². The highest BCUT2D eigenvalue weighted by molar-refractivity contribution is 5.37. The van der Waals surface area contributed by atoms with Crippen LogP contribution >= 0.6 is 0 Å². The fourth-order valence-corrected chi connectivity index (χ4v) is 1.53. The normalized spacial score (nSPS) is 20.4. The van der Waals surface area contributed by atoms with Crippen LogP contribution in [-0.4, -0.2) is 17.3 Å². The standard InChI is InChI=1S/C13H17NO/c1-10(2)4-5-13-11(3)6-7-14(13)8-12-9-15-12/h4-7,12H,3,8-9H2,1-2H3/b13-5+. The van der Waals surface area contributed by atoms with Crippen molar-refractivity contribution in [2.45, 2.75) is 26.5 Å². The number of aromatic nitrogens is 1. The Morgan fingerprint density at radius 1 is 1.67 bits per heavy atom. The zero-order valence-electron chi connectivity index (χ0n) is 9.36. The molecule has 1 saturated heterocycles. The van der Waals surface area contributed by atoms with E-state index in [1.54, 1.807) is 0 Å². The summed E-state index contributed by atoms with van der Waals surface area (Å²) in [7, 11) is 0. The topological polar surface area (TPSA) is 17.5 Å². The van der Waals surface area contributed by atoms with Gasteiger partial charge < -0.3 is 9.30 Å². The molecule has 0 spiro atoms. The van der Waals surface area contributed by atoms with E-state index >= 15 is 0 Å². The second-order valence-corrected chi connectivity index (χ2v) is 4.24. The molecule has 0 bridgehead atoms. The van der Waals surface area contributed by atoms with Gasteiger partial charge in [-0.15, -0.1) is 0 Å². The molecule has 1 unspecified atom stereocenters. The lowest BCUT2D eigenvalue weighted by molar-refractivity contribution is 0.381. The van der Waals surface area contributed by atoms with Crippen LogP contribution in [0.1, 0.15) is 13.8 Å². The number of allylic oxidation sites excluding steroid dienone is 2. The SMILES string of the molecule is C=c1ccn(CC2CO2)/c1=C/C=C(C)C. The van der Waals surface area contributed by atoms with Gasteiger partial charge in [-0.3, -0.25) is 0 Å². The molecule has 0 saturated carbocycles. The third-order valence-electron chi connectivity index (χ3n) is 2.47. The van der Waals surface area contributed by atoms with E-state index in [1.807, 2.05) is 6.07 Å². The number of rotatable bonds is 3. The zero-order chi connectivity index (χ0) is 10.8. The Morgan fingerprint density at radius 2 is 2.40 bits per heavy atom. The van der Waals surface area contributed by atoms with Gasteiger partial charge in [0.15, 0.2) is 0 Å². The molecule has 2 heteroatoms. The predicted molar refractivity (Wildman–Crippen MR) is 62.8 cm³/mol. The first-order chi connectivity index (χ1) is 7.16. The molecule has 80 valence electrons. The molecule has 1 atom stereocenters. The maximum atomic E-state index is 5.23. The van der Waals surface area contributed by atoms with E-state index in [-0.39, 0.29) is 0 Å². The van der Waals surface area contributed by atoms with Crippen LogP contribution in [0.3, 0.4) is 0 Å². The van der Waals surface area contributed by atoms with E-state index in [9.17, 15) is 0 Å². The molecule has 1 aliphatic heterocycles. The Morgan fingerprint density at radius 3 is 3.00 bits per heavy atom. The van der Waals surface area contributed by atoms with Crippen molar-refractivity contribution in [3.63, 3.8) is 0 Å². The van der Waals surface area contributed by atoms with Crippen molar-refractivity contribution in [3.05, 3.63) is 34.5 Å². The first kappa shape index (κ1) is 10.2. The Bertz CT molecular complexity index is 473. The molecule has 1 aliphatic rings. The summed E-state index contributed by atoms with van der Waals surface area (Å²) >= 11 is 0. The molecule has 2 heterocycles. The fraction of sp³-hybridized carbons (Fsp3) is 0.385. The number of nitrogens with zero attached hydrogens (tertiary/aromatic N) is 1. The molecule has 0 aliphatic carbocycles. The van der Waals surface area contributed by atoms with Crippen LogP contribution in [0.5, 0.6) is 0 Å². The Balaban J connectivity index is 2.34. The predicted octanol–water partition coefficient (Wildman–Crippen LogP) is 1.04. The molecule has 2 nitrogen and oxygen atoms in total.